The molecule has 1 aliphatic heterocycles. The molecule has 30 heavy (non-hydrogen) atoms. The lowest BCUT2D eigenvalue weighted by atomic mass is 10.1. The predicted octanol–water partition coefficient (Wildman–Crippen LogP) is 4.71. The van der Waals surface area contributed by atoms with Gasteiger partial charge in [0, 0.05) is 12.2 Å². The Morgan fingerprint density at radius 1 is 1.23 bits per heavy atom. The van der Waals surface area contributed by atoms with E-state index in [1.807, 2.05) is 44.2 Å². The Balaban J connectivity index is 1.58. The van der Waals surface area contributed by atoms with Crippen LogP contribution in [-0.4, -0.2) is 34.2 Å². The SMILES string of the molecule is C=CCN1C(=O)/C(=C/c2ccc(OCC(=O)Nc3cccc(C)c3C)cc2)SC1=S. The number of amides is 2. The molecule has 2 aromatic rings. The molecule has 1 aliphatic rings. The largest absolute Gasteiger partial charge is 0.484 e. The third kappa shape index (κ3) is 5.17. The van der Waals surface area contributed by atoms with Gasteiger partial charge in [-0.1, -0.05) is 54.3 Å². The van der Waals surface area contributed by atoms with E-state index in [0.29, 0.717) is 21.5 Å². The summed E-state index contributed by atoms with van der Waals surface area (Å²) in [7, 11) is 0. The van der Waals surface area contributed by atoms with E-state index in [2.05, 4.69) is 11.9 Å². The Hall–Kier alpha value is -2.90. The number of carbonyl (C=O) groups is 2. The van der Waals surface area contributed by atoms with Gasteiger partial charge in [0.1, 0.15) is 10.1 Å². The van der Waals surface area contributed by atoms with Crippen LogP contribution in [0, 0.1) is 13.8 Å². The van der Waals surface area contributed by atoms with Crippen LogP contribution in [0.2, 0.25) is 0 Å². The van der Waals surface area contributed by atoms with Crippen molar-refractivity contribution in [3.8, 4) is 5.75 Å². The van der Waals surface area contributed by atoms with E-state index >= 15 is 0 Å². The second-order valence-electron chi connectivity index (χ2n) is 6.73. The van der Waals surface area contributed by atoms with Gasteiger partial charge in [0.15, 0.2) is 6.61 Å². The predicted molar refractivity (Wildman–Crippen MR) is 127 cm³/mol. The van der Waals surface area contributed by atoms with E-state index in [9.17, 15) is 9.59 Å². The molecule has 2 amide bonds. The lowest BCUT2D eigenvalue weighted by Crippen LogP contribution is -2.27. The number of ether oxygens (including phenoxy) is 1. The molecular weight excluding hydrogens is 416 g/mol. The van der Waals surface area contributed by atoms with Crippen LogP contribution in [-0.2, 0) is 9.59 Å². The summed E-state index contributed by atoms with van der Waals surface area (Å²) < 4.78 is 6.11. The summed E-state index contributed by atoms with van der Waals surface area (Å²) in [5, 5.41) is 2.87. The van der Waals surface area contributed by atoms with E-state index in [-0.39, 0.29) is 18.4 Å². The summed E-state index contributed by atoms with van der Waals surface area (Å²) in [6.07, 6.45) is 3.44. The summed E-state index contributed by atoms with van der Waals surface area (Å²) in [6.45, 7) is 7.93. The number of thioether (sulfide) groups is 1. The molecule has 1 heterocycles. The Labute approximate surface area is 185 Å². The van der Waals surface area contributed by atoms with Crippen molar-refractivity contribution in [2.75, 3.05) is 18.5 Å². The van der Waals surface area contributed by atoms with Crippen LogP contribution in [0.1, 0.15) is 16.7 Å². The number of nitrogens with one attached hydrogen (secondary N) is 1. The van der Waals surface area contributed by atoms with Crippen LogP contribution in [0.25, 0.3) is 6.08 Å². The number of benzene rings is 2. The first-order valence-electron chi connectivity index (χ1n) is 9.34. The van der Waals surface area contributed by atoms with Crippen molar-refractivity contribution in [1.29, 1.82) is 0 Å². The third-order valence-electron chi connectivity index (χ3n) is 4.61. The fourth-order valence-electron chi connectivity index (χ4n) is 2.82. The molecule has 1 N–H and O–H groups in total. The summed E-state index contributed by atoms with van der Waals surface area (Å²) in [5.41, 5.74) is 3.79. The number of hydrogen-bond acceptors (Lipinski definition) is 5. The molecule has 1 fully saturated rings. The summed E-state index contributed by atoms with van der Waals surface area (Å²) in [4.78, 5) is 26.7. The van der Waals surface area contributed by atoms with Gasteiger partial charge in [0.2, 0.25) is 0 Å². The minimum atomic E-state index is -0.223. The van der Waals surface area contributed by atoms with Crippen LogP contribution >= 0.6 is 24.0 Å². The lowest BCUT2D eigenvalue weighted by Gasteiger charge is -2.11. The van der Waals surface area contributed by atoms with Gasteiger partial charge in [-0.15, -0.1) is 6.58 Å². The van der Waals surface area contributed by atoms with Gasteiger partial charge in [0.25, 0.3) is 11.8 Å². The van der Waals surface area contributed by atoms with Crippen LogP contribution in [0.15, 0.2) is 60.0 Å². The van der Waals surface area contributed by atoms with Crippen LogP contribution in [0.3, 0.4) is 0 Å². The molecule has 0 aliphatic carbocycles. The van der Waals surface area contributed by atoms with Crippen molar-refractivity contribution >= 4 is 51.9 Å². The molecule has 3 rings (SSSR count). The number of hydrogen-bond donors (Lipinski definition) is 1. The summed E-state index contributed by atoms with van der Waals surface area (Å²) >= 11 is 6.51. The number of rotatable bonds is 7. The van der Waals surface area contributed by atoms with Crippen molar-refractivity contribution in [3.63, 3.8) is 0 Å². The number of carbonyl (C=O) groups excluding carboxylic acids is 2. The molecule has 0 bridgehead atoms. The maximum Gasteiger partial charge on any atom is 0.266 e. The minimum Gasteiger partial charge on any atom is -0.484 e. The monoisotopic (exact) mass is 438 g/mol. The highest BCUT2D eigenvalue weighted by Gasteiger charge is 2.30. The molecule has 1 saturated heterocycles. The van der Waals surface area contributed by atoms with E-state index in [0.717, 1.165) is 22.4 Å². The second kappa shape index (κ2) is 9.73. The Morgan fingerprint density at radius 3 is 2.67 bits per heavy atom. The fourth-order valence-corrected chi connectivity index (χ4v) is 4.09. The van der Waals surface area contributed by atoms with Crippen molar-refractivity contribution in [3.05, 3.63) is 76.7 Å². The molecule has 5 nitrogen and oxygen atoms in total. The average Bonchev–Trinajstić information content (AvgIpc) is 2.98. The number of nitrogens with zero attached hydrogens (tertiary/aromatic N) is 1. The first-order valence-corrected chi connectivity index (χ1v) is 10.6. The Bertz CT molecular complexity index is 1030. The molecule has 0 radical (unpaired) electrons. The standard InChI is InChI=1S/C23H22N2O3S2/c1-4-12-25-22(27)20(30-23(25)29)13-17-8-10-18(11-9-17)28-14-21(26)24-19-7-5-6-15(2)16(19)3/h4-11,13H,1,12,14H2,2-3H3,(H,24,26)/b20-13-. The fraction of sp³-hybridized carbons (Fsp3) is 0.174. The minimum absolute atomic E-state index is 0.0903. The van der Waals surface area contributed by atoms with Crippen LogP contribution in [0.4, 0.5) is 5.69 Å². The smallest absolute Gasteiger partial charge is 0.266 e. The van der Waals surface area contributed by atoms with Gasteiger partial charge in [0.05, 0.1) is 4.91 Å². The number of thiocarbonyl (C=S) groups is 1. The molecule has 2 aromatic carbocycles. The van der Waals surface area contributed by atoms with E-state index in [1.165, 1.54) is 16.7 Å². The maximum absolute atomic E-state index is 12.4. The normalized spacial score (nSPS) is 14.9. The topological polar surface area (TPSA) is 58.6 Å². The average molecular weight is 439 g/mol. The van der Waals surface area contributed by atoms with Crippen molar-refractivity contribution in [1.82, 2.24) is 4.90 Å². The molecule has 0 saturated carbocycles. The van der Waals surface area contributed by atoms with Gasteiger partial charge in [-0.2, -0.15) is 0 Å². The van der Waals surface area contributed by atoms with E-state index in [1.54, 1.807) is 24.3 Å². The molecule has 0 spiro atoms. The lowest BCUT2D eigenvalue weighted by molar-refractivity contribution is -0.121. The van der Waals surface area contributed by atoms with Crippen molar-refractivity contribution < 1.29 is 14.3 Å². The van der Waals surface area contributed by atoms with Gasteiger partial charge < -0.3 is 10.1 Å². The Kier molecular flexibility index (Phi) is 7.07. The first kappa shape index (κ1) is 21.8. The highest BCUT2D eigenvalue weighted by molar-refractivity contribution is 8.26. The summed E-state index contributed by atoms with van der Waals surface area (Å²) in [5.74, 6) is 0.231. The van der Waals surface area contributed by atoms with Crippen LogP contribution < -0.4 is 10.1 Å². The van der Waals surface area contributed by atoms with Crippen LogP contribution in [0.5, 0.6) is 5.75 Å². The Morgan fingerprint density at radius 2 is 1.97 bits per heavy atom. The van der Waals surface area contributed by atoms with Gasteiger partial charge >= 0.3 is 0 Å². The zero-order valence-electron chi connectivity index (χ0n) is 16.8. The first-order chi connectivity index (χ1) is 14.4. The molecule has 0 aromatic heterocycles. The van der Waals surface area contributed by atoms with Gasteiger partial charge in [-0.25, -0.2) is 0 Å². The third-order valence-corrected chi connectivity index (χ3v) is 5.99. The second-order valence-corrected chi connectivity index (χ2v) is 8.41. The highest BCUT2D eigenvalue weighted by Crippen LogP contribution is 2.32. The summed E-state index contributed by atoms with van der Waals surface area (Å²) in [6, 6.07) is 13.0. The molecular formula is C23H22N2O3S2. The zero-order valence-corrected chi connectivity index (χ0v) is 18.4. The van der Waals surface area contributed by atoms with Crippen molar-refractivity contribution in [2.24, 2.45) is 0 Å². The van der Waals surface area contributed by atoms with Gasteiger partial charge in [-0.05, 0) is 54.8 Å². The molecule has 7 heteroatoms. The quantitative estimate of drug-likeness (QED) is 0.385. The highest BCUT2D eigenvalue weighted by atomic mass is 32.2. The van der Waals surface area contributed by atoms with Gasteiger partial charge in [-0.3, -0.25) is 14.5 Å². The zero-order chi connectivity index (χ0) is 21.7. The molecule has 154 valence electrons. The van der Waals surface area contributed by atoms with E-state index in [4.69, 9.17) is 17.0 Å². The number of anilines is 1. The van der Waals surface area contributed by atoms with Crippen molar-refractivity contribution in [2.45, 2.75) is 13.8 Å². The molecule has 0 atom stereocenters. The number of aryl methyl sites for hydroxylation is 1. The maximum atomic E-state index is 12.4. The van der Waals surface area contributed by atoms with E-state index < -0.39 is 0 Å². The molecule has 0 unspecified atom stereocenters.